The molecule has 11 heavy (non-hydrogen) atoms. The molecule has 0 fully saturated rings. The lowest BCUT2D eigenvalue weighted by Crippen LogP contribution is -2.26. The van der Waals surface area contributed by atoms with Gasteiger partial charge in [0.25, 0.3) is 0 Å². The summed E-state index contributed by atoms with van der Waals surface area (Å²) in [6, 6.07) is 0. The molecule has 0 bridgehead atoms. The summed E-state index contributed by atoms with van der Waals surface area (Å²) in [4.78, 5) is 11.7. The van der Waals surface area contributed by atoms with E-state index in [0.717, 1.165) is 4.90 Å². The van der Waals surface area contributed by atoms with E-state index >= 15 is 0 Å². The van der Waals surface area contributed by atoms with E-state index in [4.69, 9.17) is 5.26 Å². The third kappa shape index (κ3) is 3.26. The van der Waals surface area contributed by atoms with Gasteiger partial charge in [-0.2, -0.15) is 5.26 Å². The number of amides is 1. The predicted molar refractivity (Wildman–Crippen MR) is 39.5 cm³/mol. The molecule has 0 spiro atoms. The summed E-state index contributed by atoms with van der Waals surface area (Å²) in [7, 11) is 0. The van der Waals surface area contributed by atoms with E-state index in [-0.39, 0.29) is 13.2 Å². The van der Waals surface area contributed by atoms with E-state index in [1.165, 1.54) is 6.08 Å². The number of carbonyl (C=O) groups excluding carboxylic acids is 1. The number of ether oxygens (including phenoxy) is 1. The van der Waals surface area contributed by atoms with Crippen LogP contribution in [0.15, 0.2) is 12.7 Å². The Morgan fingerprint density at radius 3 is 2.91 bits per heavy atom. The Bertz CT molecular complexity index is 183. The maximum Gasteiger partial charge on any atom is 0.423 e. The molecule has 1 amide bonds. The largest absolute Gasteiger partial charge is 0.449 e. The van der Waals surface area contributed by atoms with Crippen molar-refractivity contribution in [3.05, 3.63) is 12.7 Å². The highest BCUT2D eigenvalue weighted by Gasteiger charge is 2.10. The molecule has 0 rings (SSSR count). The van der Waals surface area contributed by atoms with E-state index in [1.54, 1.807) is 13.1 Å². The van der Waals surface area contributed by atoms with Gasteiger partial charge in [-0.1, -0.05) is 6.08 Å². The molecular weight excluding hydrogens is 144 g/mol. The van der Waals surface area contributed by atoms with Crippen molar-refractivity contribution < 1.29 is 9.53 Å². The molecule has 0 aliphatic rings. The van der Waals surface area contributed by atoms with Crippen LogP contribution in [0.1, 0.15) is 6.92 Å². The monoisotopic (exact) mass is 154 g/mol. The van der Waals surface area contributed by atoms with Crippen LogP contribution in [0.5, 0.6) is 0 Å². The summed E-state index contributed by atoms with van der Waals surface area (Å²) in [5.74, 6) is 0. The molecule has 0 unspecified atom stereocenters. The highest BCUT2D eigenvalue weighted by molar-refractivity contribution is 5.69. The first-order valence-corrected chi connectivity index (χ1v) is 3.21. The van der Waals surface area contributed by atoms with Gasteiger partial charge >= 0.3 is 6.09 Å². The maximum absolute atomic E-state index is 10.8. The number of rotatable bonds is 3. The second-order valence-electron chi connectivity index (χ2n) is 1.70. The molecule has 0 radical (unpaired) electrons. The number of nitrogens with zero attached hydrogens (tertiary/aromatic N) is 2. The van der Waals surface area contributed by atoms with Gasteiger partial charge in [-0.05, 0) is 6.92 Å². The molecule has 4 heteroatoms. The van der Waals surface area contributed by atoms with Crippen LogP contribution >= 0.6 is 0 Å². The van der Waals surface area contributed by atoms with E-state index in [1.807, 2.05) is 0 Å². The quantitative estimate of drug-likeness (QED) is 0.347. The highest BCUT2D eigenvalue weighted by atomic mass is 16.6. The average molecular weight is 154 g/mol. The molecule has 0 aliphatic heterocycles. The molecule has 4 nitrogen and oxygen atoms in total. The molecule has 0 saturated carbocycles. The summed E-state index contributed by atoms with van der Waals surface area (Å²) in [6.45, 7) is 5.53. The number of hydrogen-bond donors (Lipinski definition) is 0. The standard InChI is InChI=1S/C7H10N2O2/c1-3-5-9(6-8)7(10)11-4-2/h3H,1,4-5H2,2H3. The molecule has 0 heterocycles. The summed E-state index contributed by atoms with van der Waals surface area (Å²) < 4.78 is 4.56. The first-order valence-electron chi connectivity index (χ1n) is 3.21. The number of hydrogen-bond acceptors (Lipinski definition) is 3. The lowest BCUT2D eigenvalue weighted by atomic mass is 10.6. The lowest BCUT2D eigenvalue weighted by molar-refractivity contribution is 0.127. The van der Waals surface area contributed by atoms with Gasteiger partial charge in [0, 0.05) is 0 Å². The third-order valence-electron chi connectivity index (χ3n) is 0.921. The van der Waals surface area contributed by atoms with Crippen molar-refractivity contribution in [1.29, 1.82) is 5.26 Å². The smallest absolute Gasteiger partial charge is 0.423 e. The van der Waals surface area contributed by atoms with Gasteiger partial charge in [-0.15, -0.1) is 6.58 Å². The Kier molecular flexibility index (Phi) is 4.58. The van der Waals surface area contributed by atoms with Crippen molar-refractivity contribution in [1.82, 2.24) is 4.90 Å². The van der Waals surface area contributed by atoms with Crippen LogP contribution in [-0.2, 0) is 4.74 Å². The summed E-state index contributed by atoms with van der Waals surface area (Å²) in [5.41, 5.74) is 0. The van der Waals surface area contributed by atoms with E-state index in [0.29, 0.717) is 0 Å². The van der Waals surface area contributed by atoms with Gasteiger partial charge < -0.3 is 4.74 Å². The fourth-order valence-electron chi connectivity index (χ4n) is 0.487. The molecule has 0 aromatic rings. The second kappa shape index (κ2) is 5.30. The predicted octanol–water partition coefficient (Wildman–Crippen LogP) is 1.11. The van der Waals surface area contributed by atoms with Crippen molar-refractivity contribution in [2.75, 3.05) is 13.2 Å². The Morgan fingerprint density at radius 2 is 2.55 bits per heavy atom. The van der Waals surface area contributed by atoms with E-state index in [9.17, 15) is 4.79 Å². The lowest BCUT2D eigenvalue weighted by Gasteiger charge is -2.09. The van der Waals surface area contributed by atoms with Crippen LogP contribution in [-0.4, -0.2) is 24.1 Å². The molecule has 0 aromatic carbocycles. The van der Waals surface area contributed by atoms with Gasteiger partial charge in [0.05, 0.1) is 13.2 Å². The minimum Gasteiger partial charge on any atom is -0.449 e. The molecule has 0 aliphatic carbocycles. The molecule has 60 valence electrons. The minimum absolute atomic E-state index is 0.190. The van der Waals surface area contributed by atoms with Crippen LogP contribution < -0.4 is 0 Å². The van der Waals surface area contributed by atoms with E-state index < -0.39 is 6.09 Å². The molecular formula is C7H10N2O2. The fraction of sp³-hybridized carbons (Fsp3) is 0.429. The average Bonchev–Trinajstić information content (AvgIpc) is 2.00. The minimum atomic E-state index is -0.630. The third-order valence-corrected chi connectivity index (χ3v) is 0.921. The molecule has 0 saturated heterocycles. The Balaban J connectivity index is 3.94. The zero-order valence-corrected chi connectivity index (χ0v) is 6.41. The number of nitriles is 1. The van der Waals surface area contributed by atoms with Gasteiger partial charge in [0.1, 0.15) is 0 Å². The normalized spacial score (nSPS) is 8.00. The van der Waals surface area contributed by atoms with Gasteiger partial charge in [-0.3, -0.25) is 0 Å². The van der Waals surface area contributed by atoms with Crippen molar-refractivity contribution in [3.63, 3.8) is 0 Å². The SMILES string of the molecule is C=CCN(C#N)C(=O)OCC. The van der Waals surface area contributed by atoms with Crippen molar-refractivity contribution in [2.45, 2.75) is 6.92 Å². The first kappa shape index (κ1) is 9.50. The highest BCUT2D eigenvalue weighted by Crippen LogP contribution is 1.91. The Labute approximate surface area is 65.7 Å². The zero-order chi connectivity index (χ0) is 8.69. The molecule has 0 N–H and O–H groups in total. The topological polar surface area (TPSA) is 53.3 Å². The summed E-state index contributed by atoms with van der Waals surface area (Å²) in [6.07, 6.45) is 2.50. The van der Waals surface area contributed by atoms with Crippen molar-refractivity contribution in [3.8, 4) is 6.19 Å². The fourth-order valence-corrected chi connectivity index (χ4v) is 0.487. The summed E-state index contributed by atoms with van der Waals surface area (Å²) >= 11 is 0. The van der Waals surface area contributed by atoms with Crippen molar-refractivity contribution in [2.24, 2.45) is 0 Å². The molecule has 0 aromatic heterocycles. The Hall–Kier alpha value is -1.50. The zero-order valence-electron chi connectivity index (χ0n) is 6.41. The van der Waals surface area contributed by atoms with Crippen molar-refractivity contribution >= 4 is 6.09 Å². The maximum atomic E-state index is 10.8. The van der Waals surface area contributed by atoms with Gasteiger partial charge in [0.15, 0.2) is 6.19 Å². The van der Waals surface area contributed by atoms with Crippen LogP contribution in [0.3, 0.4) is 0 Å². The van der Waals surface area contributed by atoms with Crippen LogP contribution in [0.25, 0.3) is 0 Å². The van der Waals surface area contributed by atoms with Gasteiger partial charge in [-0.25, -0.2) is 9.69 Å². The van der Waals surface area contributed by atoms with Gasteiger partial charge in [0.2, 0.25) is 0 Å². The molecule has 0 atom stereocenters. The Morgan fingerprint density at radius 1 is 1.91 bits per heavy atom. The van der Waals surface area contributed by atoms with E-state index in [2.05, 4.69) is 11.3 Å². The number of carbonyl (C=O) groups is 1. The first-order chi connectivity index (χ1) is 5.26. The van der Waals surface area contributed by atoms with Crippen LogP contribution in [0.4, 0.5) is 4.79 Å². The second-order valence-corrected chi connectivity index (χ2v) is 1.70. The van der Waals surface area contributed by atoms with Crippen LogP contribution in [0, 0.1) is 11.5 Å². The van der Waals surface area contributed by atoms with Crippen LogP contribution in [0.2, 0.25) is 0 Å². The summed E-state index contributed by atoms with van der Waals surface area (Å²) in [5, 5.41) is 8.38.